The molecule has 3 rings (SSSR count). The molecule has 1 heterocycles. The molecule has 0 spiro atoms. The van der Waals surface area contributed by atoms with Crippen molar-refractivity contribution in [2.75, 3.05) is 14.2 Å². The van der Waals surface area contributed by atoms with Crippen molar-refractivity contribution in [3.8, 4) is 11.5 Å². The number of nitrogens with zero attached hydrogens (tertiary/aromatic N) is 1. The quantitative estimate of drug-likeness (QED) is 0.672. The number of alkyl halides is 3. The fourth-order valence-electron chi connectivity index (χ4n) is 2.96. The standard InChI is InChI=1S/C20H15ClF3NO4/c1-28-14-7-6-12(9-15(14)29-2)16-17(21)19(27)25(18(16)26)10-11-4-3-5-13(8-11)20(22,23)24/h3-9H,10H2,1-2H3. The Morgan fingerprint density at radius 1 is 0.966 bits per heavy atom. The zero-order chi connectivity index (χ0) is 21.3. The van der Waals surface area contributed by atoms with Crippen LogP contribution in [0.2, 0.25) is 0 Å². The molecule has 9 heteroatoms. The summed E-state index contributed by atoms with van der Waals surface area (Å²) in [5.41, 5.74) is -0.435. The van der Waals surface area contributed by atoms with Crippen LogP contribution in [0.1, 0.15) is 16.7 Å². The number of benzene rings is 2. The highest BCUT2D eigenvalue weighted by molar-refractivity contribution is 6.55. The second-order valence-corrected chi connectivity index (χ2v) is 6.53. The summed E-state index contributed by atoms with van der Waals surface area (Å²) in [6.45, 7) is -0.339. The first-order chi connectivity index (χ1) is 13.7. The Balaban J connectivity index is 1.92. The minimum absolute atomic E-state index is 0.0513. The zero-order valence-electron chi connectivity index (χ0n) is 15.3. The second-order valence-electron chi connectivity index (χ2n) is 6.15. The summed E-state index contributed by atoms with van der Waals surface area (Å²) >= 11 is 6.11. The summed E-state index contributed by atoms with van der Waals surface area (Å²) in [5, 5.41) is -0.311. The Hall–Kier alpha value is -3.00. The van der Waals surface area contributed by atoms with Gasteiger partial charge in [-0.15, -0.1) is 0 Å². The molecule has 0 saturated carbocycles. The molecule has 0 saturated heterocycles. The zero-order valence-corrected chi connectivity index (χ0v) is 16.1. The van der Waals surface area contributed by atoms with Crippen LogP contribution < -0.4 is 9.47 Å². The number of carbonyl (C=O) groups excluding carboxylic acids is 2. The molecule has 152 valence electrons. The smallest absolute Gasteiger partial charge is 0.416 e. The highest BCUT2D eigenvalue weighted by atomic mass is 35.5. The van der Waals surface area contributed by atoms with Gasteiger partial charge >= 0.3 is 6.18 Å². The molecule has 5 nitrogen and oxygen atoms in total. The summed E-state index contributed by atoms with van der Waals surface area (Å²) in [5.74, 6) is -0.729. The molecule has 29 heavy (non-hydrogen) atoms. The van der Waals surface area contributed by atoms with Crippen LogP contribution in [0.15, 0.2) is 47.5 Å². The molecule has 2 aromatic carbocycles. The van der Waals surface area contributed by atoms with Crippen molar-refractivity contribution in [3.05, 3.63) is 64.2 Å². The minimum Gasteiger partial charge on any atom is -0.493 e. The van der Waals surface area contributed by atoms with Gasteiger partial charge in [0, 0.05) is 0 Å². The third-order valence-electron chi connectivity index (χ3n) is 4.38. The van der Waals surface area contributed by atoms with Crippen molar-refractivity contribution in [3.63, 3.8) is 0 Å². The van der Waals surface area contributed by atoms with E-state index in [1.165, 1.54) is 38.5 Å². The fourth-order valence-corrected chi connectivity index (χ4v) is 3.25. The van der Waals surface area contributed by atoms with Crippen LogP contribution in [-0.4, -0.2) is 30.9 Å². The van der Waals surface area contributed by atoms with Crippen molar-refractivity contribution < 1.29 is 32.2 Å². The molecule has 2 aromatic rings. The summed E-state index contributed by atoms with van der Waals surface area (Å²) in [4.78, 5) is 26.1. The van der Waals surface area contributed by atoms with Gasteiger partial charge in [-0.1, -0.05) is 29.8 Å². The predicted molar refractivity (Wildman–Crippen MR) is 99.3 cm³/mol. The van der Waals surface area contributed by atoms with Crippen LogP contribution >= 0.6 is 11.6 Å². The van der Waals surface area contributed by atoms with Crippen LogP contribution in [0, 0.1) is 0 Å². The molecule has 0 atom stereocenters. The highest BCUT2D eigenvalue weighted by Gasteiger charge is 2.39. The van der Waals surface area contributed by atoms with Gasteiger partial charge in [0.25, 0.3) is 11.8 Å². The molecule has 0 aromatic heterocycles. The third kappa shape index (κ3) is 3.93. The molecule has 0 bridgehead atoms. The Kier molecular flexibility index (Phi) is 5.57. The van der Waals surface area contributed by atoms with E-state index in [4.69, 9.17) is 21.1 Å². The van der Waals surface area contributed by atoms with Gasteiger partial charge < -0.3 is 9.47 Å². The van der Waals surface area contributed by atoms with Gasteiger partial charge in [-0.2, -0.15) is 13.2 Å². The van der Waals surface area contributed by atoms with Crippen molar-refractivity contribution in [2.24, 2.45) is 0 Å². The number of hydrogen-bond acceptors (Lipinski definition) is 4. The molecule has 0 N–H and O–H groups in total. The van der Waals surface area contributed by atoms with E-state index in [0.717, 1.165) is 17.0 Å². The van der Waals surface area contributed by atoms with Crippen LogP contribution in [0.25, 0.3) is 5.57 Å². The molecule has 2 amide bonds. The summed E-state index contributed by atoms with van der Waals surface area (Å²) in [6, 6.07) is 9.01. The molecule has 0 aliphatic carbocycles. The van der Waals surface area contributed by atoms with E-state index in [-0.39, 0.29) is 22.7 Å². The van der Waals surface area contributed by atoms with E-state index in [2.05, 4.69) is 0 Å². The van der Waals surface area contributed by atoms with Gasteiger partial charge in [-0.3, -0.25) is 14.5 Å². The fraction of sp³-hybridized carbons (Fsp3) is 0.200. The van der Waals surface area contributed by atoms with E-state index in [9.17, 15) is 22.8 Å². The molecular weight excluding hydrogens is 411 g/mol. The Bertz CT molecular complexity index is 1020. The number of amides is 2. The van der Waals surface area contributed by atoms with Gasteiger partial charge in [0.1, 0.15) is 5.03 Å². The summed E-state index contributed by atoms with van der Waals surface area (Å²) in [6.07, 6.45) is -4.53. The van der Waals surface area contributed by atoms with Crippen LogP contribution in [-0.2, 0) is 22.3 Å². The van der Waals surface area contributed by atoms with Crippen molar-refractivity contribution in [1.29, 1.82) is 0 Å². The lowest BCUT2D eigenvalue weighted by Crippen LogP contribution is -2.30. The number of hydrogen-bond donors (Lipinski definition) is 0. The molecular formula is C20H15ClF3NO4. The van der Waals surface area contributed by atoms with E-state index < -0.39 is 23.6 Å². The first-order valence-electron chi connectivity index (χ1n) is 8.32. The molecule has 0 fully saturated rings. The SMILES string of the molecule is COc1ccc(C2=C(Cl)C(=O)N(Cc3cccc(C(F)(F)F)c3)C2=O)cc1OC. The van der Waals surface area contributed by atoms with E-state index in [1.807, 2.05) is 0 Å². The van der Waals surface area contributed by atoms with Crippen LogP contribution in [0.4, 0.5) is 13.2 Å². The van der Waals surface area contributed by atoms with Crippen molar-refractivity contribution in [1.82, 2.24) is 4.90 Å². The van der Waals surface area contributed by atoms with Gasteiger partial charge in [0.15, 0.2) is 11.5 Å². The van der Waals surface area contributed by atoms with Gasteiger partial charge in [-0.25, -0.2) is 0 Å². The van der Waals surface area contributed by atoms with Crippen LogP contribution in [0.3, 0.4) is 0 Å². The maximum absolute atomic E-state index is 12.9. The van der Waals surface area contributed by atoms with Crippen molar-refractivity contribution in [2.45, 2.75) is 12.7 Å². The topological polar surface area (TPSA) is 55.8 Å². The Labute approximate surface area is 169 Å². The van der Waals surface area contributed by atoms with Crippen molar-refractivity contribution >= 4 is 29.0 Å². The molecule has 1 aliphatic rings. The van der Waals surface area contributed by atoms with Gasteiger partial charge in [0.2, 0.25) is 0 Å². The molecule has 0 unspecified atom stereocenters. The first-order valence-corrected chi connectivity index (χ1v) is 8.69. The lowest BCUT2D eigenvalue weighted by atomic mass is 10.1. The lowest BCUT2D eigenvalue weighted by molar-refractivity contribution is -0.137. The maximum atomic E-state index is 12.9. The number of halogens is 4. The van der Waals surface area contributed by atoms with E-state index in [0.29, 0.717) is 17.1 Å². The third-order valence-corrected chi connectivity index (χ3v) is 4.73. The minimum atomic E-state index is -4.53. The lowest BCUT2D eigenvalue weighted by Gasteiger charge is -2.16. The number of ether oxygens (including phenoxy) is 2. The first kappa shape index (κ1) is 20.7. The average molecular weight is 426 g/mol. The predicted octanol–water partition coefficient (Wildman–Crippen LogP) is 4.24. The normalized spacial score (nSPS) is 14.6. The van der Waals surface area contributed by atoms with E-state index >= 15 is 0 Å². The number of methoxy groups -OCH3 is 2. The van der Waals surface area contributed by atoms with Crippen LogP contribution in [0.5, 0.6) is 11.5 Å². The number of imide groups is 1. The average Bonchev–Trinajstić information content (AvgIpc) is 2.90. The monoisotopic (exact) mass is 425 g/mol. The number of rotatable bonds is 5. The second kappa shape index (κ2) is 7.79. The summed E-state index contributed by atoms with van der Waals surface area (Å²) < 4.78 is 49.1. The summed E-state index contributed by atoms with van der Waals surface area (Å²) in [7, 11) is 2.87. The highest BCUT2D eigenvalue weighted by Crippen LogP contribution is 2.37. The Morgan fingerprint density at radius 2 is 1.66 bits per heavy atom. The largest absolute Gasteiger partial charge is 0.493 e. The van der Waals surface area contributed by atoms with Gasteiger partial charge in [0.05, 0.1) is 31.9 Å². The maximum Gasteiger partial charge on any atom is 0.416 e. The number of carbonyl (C=O) groups is 2. The van der Waals surface area contributed by atoms with Gasteiger partial charge in [-0.05, 0) is 35.4 Å². The molecule has 1 aliphatic heterocycles. The molecule has 0 radical (unpaired) electrons. The Morgan fingerprint density at radius 3 is 2.28 bits per heavy atom. The van der Waals surface area contributed by atoms with E-state index in [1.54, 1.807) is 6.07 Å².